The third kappa shape index (κ3) is 4.24. The molecule has 2 aromatic rings. The van der Waals surface area contributed by atoms with Gasteiger partial charge in [-0.25, -0.2) is 4.79 Å². The summed E-state index contributed by atoms with van der Waals surface area (Å²) < 4.78 is 5.19. The first kappa shape index (κ1) is 19.1. The molecule has 0 aliphatic rings. The molecule has 7 heteroatoms. The number of nitro groups is 1. The van der Waals surface area contributed by atoms with Crippen molar-refractivity contribution in [2.45, 2.75) is 20.0 Å². The van der Waals surface area contributed by atoms with E-state index >= 15 is 0 Å². The summed E-state index contributed by atoms with van der Waals surface area (Å²) in [7, 11) is 3.34. The molecule has 0 N–H and O–H groups in total. The van der Waals surface area contributed by atoms with E-state index in [4.69, 9.17) is 4.74 Å². The van der Waals surface area contributed by atoms with Gasteiger partial charge in [0.1, 0.15) is 5.69 Å². The van der Waals surface area contributed by atoms with Crippen LogP contribution in [0, 0.1) is 17.0 Å². The lowest BCUT2D eigenvalue weighted by Crippen LogP contribution is -2.24. The van der Waals surface area contributed by atoms with Gasteiger partial charge in [0, 0.05) is 25.7 Å². The smallest absolute Gasteiger partial charge is 0.339 e. The Hall–Kier alpha value is -3.22. The summed E-state index contributed by atoms with van der Waals surface area (Å²) in [5.74, 6) is -1.12. The highest BCUT2D eigenvalue weighted by atomic mass is 16.6. The molecule has 7 nitrogen and oxygen atoms in total. The van der Waals surface area contributed by atoms with Gasteiger partial charge in [-0.15, -0.1) is 0 Å². The van der Waals surface area contributed by atoms with Crippen LogP contribution in [0.25, 0.3) is 0 Å². The third-order valence-electron chi connectivity index (χ3n) is 3.88. The molecule has 136 valence electrons. The summed E-state index contributed by atoms with van der Waals surface area (Å²) >= 11 is 0. The number of carbonyl (C=O) groups excluding carboxylic acids is 2. The molecule has 0 amide bonds. The zero-order valence-corrected chi connectivity index (χ0v) is 15.1. The maximum Gasteiger partial charge on any atom is 0.339 e. The number of carbonyl (C=O) groups is 2. The molecule has 0 aromatic heterocycles. The zero-order valence-electron chi connectivity index (χ0n) is 15.1. The Labute approximate surface area is 151 Å². The summed E-state index contributed by atoms with van der Waals surface area (Å²) in [6.45, 7) is 3.38. The fourth-order valence-corrected chi connectivity index (χ4v) is 2.41. The minimum atomic E-state index is -1.00. The molecule has 2 rings (SSSR count). The topological polar surface area (TPSA) is 89.8 Å². The number of hydrogen-bond acceptors (Lipinski definition) is 6. The van der Waals surface area contributed by atoms with Gasteiger partial charge in [0.15, 0.2) is 6.10 Å². The Kier molecular flexibility index (Phi) is 5.71. The van der Waals surface area contributed by atoms with E-state index in [1.807, 2.05) is 6.92 Å². The molecule has 0 aliphatic carbocycles. The fourth-order valence-electron chi connectivity index (χ4n) is 2.41. The molecule has 2 aromatic carbocycles. The van der Waals surface area contributed by atoms with E-state index in [-0.39, 0.29) is 17.0 Å². The molecule has 0 aliphatic heterocycles. The fraction of sp³-hybridized carbons (Fsp3) is 0.263. The Morgan fingerprint density at radius 2 is 1.65 bits per heavy atom. The summed E-state index contributed by atoms with van der Waals surface area (Å²) in [5.41, 5.74) is 1.63. The second-order valence-corrected chi connectivity index (χ2v) is 6.13. The molecule has 0 fully saturated rings. The maximum absolute atomic E-state index is 12.3. The number of hydrogen-bond donors (Lipinski definition) is 0. The van der Waals surface area contributed by atoms with Crippen molar-refractivity contribution in [3.8, 4) is 0 Å². The van der Waals surface area contributed by atoms with Gasteiger partial charge < -0.3 is 9.64 Å². The van der Waals surface area contributed by atoms with Crippen molar-refractivity contribution in [2.75, 3.05) is 19.0 Å². The number of benzene rings is 2. The van der Waals surface area contributed by atoms with Crippen molar-refractivity contribution in [1.29, 1.82) is 0 Å². The van der Waals surface area contributed by atoms with Crippen LogP contribution in [0.3, 0.4) is 0 Å². The van der Waals surface area contributed by atoms with E-state index in [1.165, 1.54) is 19.1 Å². The molecule has 0 radical (unpaired) electrons. The highest BCUT2D eigenvalue weighted by Crippen LogP contribution is 2.28. The van der Waals surface area contributed by atoms with Crippen LogP contribution in [0.15, 0.2) is 42.5 Å². The van der Waals surface area contributed by atoms with Gasteiger partial charge in [-0.1, -0.05) is 29.8 Å². The SMILES string of the molecule is Cc1ccc(C(=O)[C@H](C)OC(=O)c2ccc(N(C)C)c([N+](=O)[O-])c2)cc1. The van der Waals surface area contributed by atoms with Crippen molar-refractivity contribution in [3.63, 3.8) is 0 Å². The van der Waals surface area contributed by atoms with Crippen molar-refractivity contribution < 1.29 is 19.2 Å². The summed E-state index contributed by atoms with van der Waals surface area (Å²) in [6.07, 6.45) is -1.00. The van der Waals surface area contributed by atoms with E-state index in [0.29, 0.717) is 11.3 Å². The van der Waals surface area contributed by atoms with Crippen LogP contribution in [-0.4, -0.2) is 36.9 Å². The molecule has 0 unspecified atom stereocenters. The minimum absolute atomic E-state index is 0.0193. The zero-order chi connectivity index (χ0) is 19.4. The second kappa shape index (κ2) is 7.77. The quantitative estimate of drug-likeness (QED) is 0.341. The number of ketones is 1. The number of esters is 1. The molecule has 1 atom stereocenters. The third-order valence-corrected chi connectivity index (χ3v) is 3.88. The average Bonchev–Trinajstić information content (AvgIpc) is 2.60. The van der Waals surface area contributed by atoms with E-state index in [1.54, 1.807) is 43.3 Å². The molecule has 0 saturated heterocycles. The standard InChI is InChI=1S/C19H20N2O5/c1-12-5-7-14(8-6-12)18(22)13(2)26-19(23)15-9-10-16(20(3)4)17(11-15)21(24)25/h5-11,13H,1-4H3/t13-/m0/s1. The Morgan fingerprint density at radius 1 is 1.08 bits per heavy atom. The van der Waals surface area contributed by atoms with Gasteiger partial charge in [0.05, 0.1) is 10.5 Å². The molecule has 0 heterocycles. The van der Waals surface area contributed by atoms with Gasteiger partial charge >= 0.3 is 5.97 Å². The van der Waals surface area contributed by atoms with Crippen molar-refractivity contribution in [3.05, 3.63) is 69.3 Å². The van der Waals surface area contributed by atoms with Crippen LogP contribution in [0.5, 0.6) is 0 Å². The number of Topliss-reactive ketones (excluding diaryl/α,β-unsaturated/α-hetero) is 1. The summed E-state index contributed by atoms with van der Waals surface area (Å²) in [4.78, 5) is 36.9. The molecular weight excluding hydrogens is 336 g/mol. The van der Waals surface area contributed by atoms with Gasteiger partial charge in [0.25, 0.3) is 5.69 Å². The Balaban J connectivity index is 2.18. The number of rotatable bonds is 6. The first-order chi connectivity index (χ1) is 12.2. The monoisotopic (exact) mass is 356 g/mol. The van der Waals surface area contributed by atoms with Crippen molar-refractivity contribution in [2.24, 2.45) is 0 Å². The lowest BCUT2D eigenvalue weighted by molar-refractivity contribution is -0.384. The highest BCUT2D eigenvalue weighted by molar-refractivity contribution is 6.01. The predicted octanol–water partition coefficient (Wildman–Crippen LogP) is 3.40. The first-order valence-electron chi connectivity index (χ1n) is 7.98. The van der Waals surface area contributed by atoms with Crippen molar-refractivity contribution >= 4 is 23.1 Å². The molecule has 26 heavy (non-hydrogen) atoms. The lowest BCUT2D eigenvalue weighted by atomic mass is 10.1. The molecule has 0 spiro atoms. The minimum Gasteiger partial charge on any atom is -0.451 e. The van der Waals surface area contributed by atoms with Crippen LogP contribution in [-0.2, 0) is 4.74 Å². The van der Waals surface area contributed by atoms with E-state index in [9.17, 15) is 19.7 Å². The largest absolute Gasteiger partial charge is 0.451 e. The van der Waals surface area contributed by atoms with Gasteiger partial charge in [-0.2, -0.15) is 0 Å². The summed E-state index contributed by atoms with van der Waals surface area (Å²) in [5, 5.41) is 11.2. The molecule has 0 saturated carbocycles. The second-order valence-electron chi connectivity index (χ2n) is 6.13. The van der Waals surface area contributed by atoms with Crippen LogP contribution < -0.4 is 4.90 Å². The molecular formula is C19H20N2O5. The van der Waals surface area contributed by atoms with Gasteiger partial charge in [-0.3, -0.25) is 14.9 Å². The molecule has 0 bridgehead atoms. The lowest BCUT2D eigenvalue weighted by Gasteiger charge is -2.15. The Bertz CT molecular complexity index is 844. The number of nitrogens with zero attached hydrogens (tertiary/aromatic N) is 2. The first-order valence-corrected chi connectivity index (χ1v) is 7.98. The van der Waals surface area contributed by atoms with Crippen LogP contribution in [0.1, 0.15) is 33.2 Å². The Morgan fingerprint density at radius 3 is 2.19 bits per heavy atom. The average molecular weight is 356 g/mol. The number of anilines is 1. The van der Waals surface area contributed by atoms with Crippen LogP contribution >= 0.6 is 0 Å². The van der Waals surface area contributed by atoms with E-state index in [0.717, 1.165) is 11.6 Å². The predicted molar refractivity (Wildman–Crippen MR) is 97.8 cm³/mol. The van der Waals surface area contributed by atoms with Gasteiger partial charge in [-0.05, 0) is 26.0 Å². The maximum atomic E-state index is 12.3. The highest BCUT2D eigenvalue weighted by Gasteiger charge is 2.23. The number of nitro benzene ring substituents is 1. The number of ether oxygens (including phenoxy) is 1. The van der Waals surface area contributed by atoms with E-state index in [2.05, 4.69) is 0 Å². The van der Waals surface area contributed by atoms with Crippen LogP contribution in [0.4, 0.5) is 11.4 Å². The summed E-state index contributed by atoms with van der Waals surface area (Å²) in [6, 6.07) is 11.0. The van der Waals surface area contributed by atoms with Crippen LogP contribution in [0.2, 0.25) is 0 Å². The van der Waals surface area contributed by atoms with Gasteiger partial charge in [0.2, 0.25) is 5.78 Å². The normalized spacial score (nSPS) is 11.5. The number of aryl methyl sites for hydroxylation is 1. The van der Waals surface area contributed by atoms with E-state index < -0.39 is 17.0 Å². The van der Waals surface area contributed by atoms with Crippen molar-refractivity contribution in [1.82, 2.24) is 0 Å².